The highest BCUT2D eigenvalue weighted by molar-refractivity contribution is 5.83. The Bertz CT molecular complexity index is 740. The molecular weight excluding hydrogens is 264 g/mol. The summed E-state index contributed by atoms with van der Waals surface area (Å²) < 4.78 is 1.81. The van der Waals surface area contributed by atoms with Gasteiger partial charge in [0.25, 0.3) is 0 Å². The zero-order chi connectivity index (χ0) is 14.8. The molecule has 0 fully saturated rings. The maximum absolute atomic E-state index is 4.00. The number of likely N-dealkylation sites (N-methyl/N-ethyl adjacent to an activating group) is 1. The largest absolute Gasteiger partial charge is 0.361 e. The molecule has 0 aliphatic carbocycles. The first-order chi connectivity index (χ1) is 10.1. The summed E-state index contributed by atoms with van der Waals surface area (Å²) in [5.41, 5.74) is 3.75. The molecule has 0 bridgehead atoms. The monoisotopic (exact) mass is 284 g/mol. The van der Waals surface area contributed by atoms with Gasteiger partial charge in [-0.05, 0) is 61.1 Å². The van der Waals surface area contributed by atoms with E-state index in [9.17, 15) is 0 Å². The zero-order valence-electron chi connectivity index (χ0n) is 12.7. The van der Waals surface area contributed by atoms with E-state index in [4.69, 9.17) is 0 Å². The highest BCUT2D eigenvalue weighted by Crippen LogP contribution is 2.21. The van der Waals surface area contributed by atoms with Crippen molar-refractivity contribution in [3.8, 4) is 0 Å². The van der Waals surface area contributed by atoms with Crippen molar-refractivity contribution in [2.45, 2.75) is 19.9 Å². The molecule has 1 aromatic carbocycles. The normalized spacial score (nSPS) is 11.6. The molecule has 0 radical (unpaired) electrons. The molecule has 2 heterocycles. The third-order valence-electron chi connectivity index (χ3n) is 3.70. The summed E-state index contributed by atoms with van der Waals surface area (Å²) in [6.07, 6.45) is 3.15. The number of tetrazole rings is 1. The molecule has 3 aromatic rings. The Kier molecular flexibility index (Phi) is 3.70. The smallest absolute Gasteiger partial charge is 0.148 e. The lowest BCUT2D eigenvalue weighted by Gasteiger charge is -2.08. The topological polar surface area (TPSA) is 62.6 Å². The maximum Gasteiger partial charge on any atom is 0.148 e. The summed E-state index contributed by atoms with van der Waals surface area (Å²) >= 11 is 0. The Morgan fingerprint density at radius 1 is 1.29 bits per heavy atom. The average molecular weight is 284 g/mol. The molecule has 0 amide bonds. The molecule has 0 spiro atoms. The van der Waals surface area contributed by atoms with Crippen LogP contribution in [0.25, 0.3) is 10.9 Å². The van der Waals surface area contributed by atoms with Crippen LogP contribution in [-0.4, -0.2) is 50.7 Å². The van der Waals surface area contributed by atoms with Crippen LogP contribution in [0.15, 0.2) is 24.4 Å². The molecule has 3 rings (SSSR count). The van der Waals surface area contributed by atoms with Crippen molar-refractivity contribution in [2.75, 3.05) is 20.6 Å². The minimum Gasteiger partial charge on any atom is -0.361 e. The second kappa shape index (κ2) is 5.65. The third-order valence-corrected chi connectivity index (χ3v) is 3.70. The molecule has 1 N–H and O–H groups in total. The second-order valence-electron chi connectivity index (χ2n) is 5.63. The highest BCUT2D eigenvalue weighted by Gasteiger charge is 2.07. The molecule has 0 saturated heterocycles. The second-order valence-corrected chi connectivity index (χ2v) is 5.63. The van der Waals surface area contributed by atoms with E-state index >= 15 is 0 Å². The first-order valence-corrected chi connectivity index (χ1v) is 7.10. The number of H-pyrrole nitrogens is 1. The number of rotatable bonds is 5. The van der Waals surface area contributed by atoms with Gasteiger partial charge in [-0.3, -0.25) is 0 Å². The van der Waals surface area contributed by atoms with Gasteiger partial charge in [0, 0.05) is 23.6 Å². The van der Waals surface area contributed by atoms with Gasteiger partial charge in [0.05, 0.1) is 6.54 Å². The van der Waals surface area contributed by atoms with E-state index < -0.39 is 0 Å². The van der Waals surface area contributed by atoms with Crippen LogP contribution in [0, 0.1) is 6.92 Å². The highest BCUT2D eigenvalue weighted by atomic mass is 15.5. The number of hydrogen-bond donors (Lipinski definition) is 1. The number of aryl methyl sites for hydroxylation is 1. The lowest BCUT2D eigenvalue weighted by atomic mass is 10.1. The fraction of sp³-hybridized carbons (Fsp3) is 0.400. The Morgan fingerprint density at radius 2 is 2.14 bits per heavy atom. The van der Waals surface area contributed by atoms with Crippen LogP contribution < -0.4 is 0 Å². The Balaban J connectivity index is 1.87. The lowest BCUT2D eigenvalue weighted by molar-refractivity contribution is 0.414. The molecule has 110 valence electrons. The van der Waals surface area contributed by atoms with Crippen molar-refractivity contribution in [1.82, 2.24) is 30.1 Å². The summed E-state index contributed by atoms with van der Waals surface area (Å²) in [7, 11) is 4.20. The van der Waals surface area contributed by atoms with Gasteiger partial charge in [0.15, 0.2) is 0 Å². The van der Waals surface area contributed by atoms with Crippen LogP contribution in [0.1, 0.15) is 17.0 Å². The van der Waals surface area contributed by atoms with Gasteiger partial charge in [-0.2, -0.15) is 0 Å². The Hall–Kier alpha value is -2.21. The molecule has 0 unspecified atom stereocenters. The third kappa shape index (κ3) is 2.95. The summed E-state index contributed by atoms with van der Waals surface area (Å²) in [4.78, 5) is 5.55. The lowest BCUT2D eigenvalue weighted by Crippen LogP contribution is -2.14. The molecule has 0 atom stereocenters. The number of hydrogen-bond acceptors (Lipinski definition) is 4. The van der Waals surface area contributed by atoms with Crippen LogP contribution in [-0.2, 0) is 13.0 Å². The van der Waals surface area contributed by atoms with E-state index in [1.54, 1.807) is 0 Å². The van der Waals surface area contributed by atoms with Crippen molar-refractivity contribution < 1.29 is 0 Å². The summed E-state index contributed by atoms with van der Waals surface area (Å²) in [5.74, 6) is 0.831. The van der Waals surface area contributed by atoms with Gasteiger partial charge in [-0.15, -0.1) is 5.10 Å². The molecule has 21 heavy (non-hydrogen) atoms. The quantitative estimate of drug-likeness (QED) is 0.773. The first kappa shape index (κ1) is 13.8. The SMILES string of the molecule is Cc1nnnn1Cc1ccc2[nH]cc(CCN(C)C)c2c1. The molecule has 6 nitrogen and oxygen atoms in total. The Labute approximate surface area is 123 Å². The number of nitrogens with one attached hydrogen (secondary N) is 1. The van der Waals surface area contributed by atoms with Gasteiger partial charge >= 0.3 is 0 Å². The number of aromatic amines is 1. The van der Waals surface area contributed by atoms with Crippen molar-refractivity contribution >= 4 is 10.9 Å². The van der Waals surface area contributed by atoms with Gasteiger partial charge in [-0.1, -0.05) is 6.07 Å². The number of benzene rings is 1. The van der Waals surface area contributed by atoms with Gasteiger partial charge in [0.2, 0.25) is 0 Å². The van der Waals surface area contributed by atoms with Crippen LogP contribution in [0.3, 0.4) is 0 Å². The van der Waals surface area contributed by atoms with Crippen LogP contribution in [0.2, 0.25) is 0 Å². The first-order valence-electron chi connectivity index (χ1n) is 7.10. The fourth-order valence-corrected chi connectivity index (χ4v) is 2.44. The number of aromatic nitrogens is 5. The van der Waals surface area contributed by atoms with E-state index in [0.717, 1.165) is 18.8 Å². The molecule has 6 heteroatoms. The standard InChI is InChI=1S/C15H20N6/c1-11-17-18-19-21(11)10-12-4-5-15-14(8-12)13(9-16-15)6-7-20(2)3/h4-5,8-9,16H,6-7,10H2,1-3H3. The fourth-order valence-electron chi connectivity index (χ4n) is 2.44. The van der Waals surface area contributed by atoms with Crippen LogP contribution >= 0.6 is 0 Å². The molecular formula is C15H20N6. The van der Waals surface area contributed by atoms with Crippen molar-refractivity contribution in [3.63, 3.8) is 0 Å². The molecule has 0 aliphatic rings. The minimum absolute atomic E-state index is 0.701. The van der Waals surface area contributed by atoms with Crippen molar-refractivity contribution in [3.05, 3.63) is 41.3 Å². The summed E-state index contributed by atoms with van der Waals surface area (Å²) in [6.45, 7) is 3.66. The minimum atomic E-state index is 0.701. The van der Waals surface area contributed by atoms with Gasteiger partial charge < -0.3 is 9.88 Å². The van der Waals surface area contributed by atoms with E-state index in [1.807, 2.05) is 11.6 Å². The van der Waals surface area contributed by atoms with Gasteiger partial charge in [-0.25, -0.2) is 4.68 Å². The predicted octanol–water partition coefficient (Wildman–Crippen LogP) is 1.62. The maximum atomic E-state index is 4.00. The van der Waals surface area contributed by atoms with Crippen molar-refractivity contribution in [1.29, 1.82) is 0 Å². The van der Waals surface area contributed by atoms with E-state index in [2.05, 4.69) is 63.9 Å². The predicted molar refractivity (Wildman–Crippen MR) is 82.2 cm³/mol. The molecule has 0 aliphatic heterocycles. The molecule has 0 saturated carbocycles. The molecule has 2 aromatic heterocycles. The van der Waals surface area contributed by atoms with E-state index in [1.165, 1.54) is 22.0 Å². The van der Waals surface area contributed by atoms with Gasteiger partial charge in [0.1, 0.15) is 5.82 Å². The van der Waals surface area contributed by atoms with Crippen molar-refractivity contribution in [2.24, 2.45) is 0 Å². The van der Waals surface area contributed by atoms with E-state index in [0.29, 0.717) is 6.54 Å². The summed E-state index contributed by atoms with van der Waals surface area (Å²) in [6, 6.07) is 6.48. The zero-order valence-corrected chi connectivity index (χ0v) is 12.7. The average Bonchev–Trinajstić information content (AvgIpc) is 3.03. The number of fused-ring (bicyclic) bond motifs is 1. The number of nitrogens with zero attached hydrogens (tertiary/aromatic N) is 5. The Morgan fingerprint density at radius 3 is 2.86 bits per heavy atom. The van der Waals surface area contributed by atoms with E-state index in [-0.39, 0.29) is 0 Å². The van der Waals surface area contributed by atoms with Crippen LogP contribution in [0.5, 0.6) is 0 Å². The summed E-state index contributed by atoms with van der Waals surface area (Å²) in [5, 5.41) is 12.9. The van der Waals surface area contributed by atoms with Crippen LogP contribution in [0.4, 0.5) is 0 Å².